The third-order valence-corrected chi connectivity index (χ3v) is 0.793. The monoisotopic (exact) mass is 176 g/mol. The van der Waals surface area contributed by atoms with Crippen LogP contribution < -0.4 is 0 Å². The third-order valence-electron chi connectivity index (χ3n) is 0.793. The second-order valence-electron chi connectivity index (χ2n) is 2.30. The first-order valence-corrected chi connectivity index (χ1v) is 3.63. The number of aliphatic hydroxyl groups excluding tert-OH is 1. The molecule has 0 radical (unpaired) electrons. The number of methoxy groups -OCH3 is 1. The minimum atomic E-state index is -0.0625. The Morgan fingerprint density at radius 1 is 1.25 bits per heavy atom. The molecule has 0 saturated carbocycles. The van der Waals surface area contributed by atoms with Crippen molar-refractivity contribution >= 4 is 11.6 Å². The van der Waals surface area contributed by atoms with Crippen LogP contribution in [0.5, 0.6) is 0 Å². The second-order valence-corrected chi connectivity index (χ2v) is 2.30. The summed E-state index contributed by atoms with van der Waals surface area (Å²) in [6.45, 7) is 3.37. The maximum atomic E-state index is 10.0. The molecule has 0 aliphatic rings. The lowest BCUT2D eigenvalue weighted by atomic mass is 10.2. The predicted octanol–water partition coefficient (Wildman–Crippen LogP) is 0.180. The normalized spacial score (nSPS) is 8.33. The Hall–Kier alpha value is -0.740. The third kappa shape index (κ3) is 22.8. The lowest BCUT2D eigenvalue weighted by molar-refractivity contribution is -0.124. The molecule has 0 bridgehead atoms. The summed E-state index contributed by atoms with van der Waals surface area (Å²) >= 11 is 0. The molecule has 0 heterocycles. The number of carbonyl (C=O) groups excluding carboxylic acids is 2. The average Bonchev–Trinajstić information content (AvgIpc) is 1.87. The van der Waals surface area contributed by atoms with Crippen molar-refractivity contribution in [3.8, 4) is 0 Å². The highest BCUT2D eigenvalue weighted by atomic mass is 16.5. The summed E-state index contributed by atoms with van der Waals surface area (Å²) in [5.74, 6) is -0.125. The number of ether oxygens (including phenoxy) is 1. The van der Waals surface area contributed by atoms with E-state index in [1.165, 1.54) is 13.8 Å². The van der Waals surface area contributed by atoms with Crippen LogP contribution in [0.15, 0.2) is 0 Å². The zero-order valence-corrected chi connectivity index (χ0v) is 7.79. The molecule has 0 fully saturated rings. The molecule has 1 N–H and O–H groups in total. The van der Waals surface area contributed by atoms with Gasteiger partial charge in [-0.3, -0.25) is 9.59 Å². The van der Waals surface area contributed by atoms with Crippen LogP contribution in [0.4, 0.5) is 0 Å². The molecule has 0 saturated heterocycles. The molecule has 0 aliphatic heterocycles. The summed E-state index contributed by atoms with van der Waals surface area (Å²) in [7, 11) is 1.55. The van der Waals surface area contributed by atoms with Crippen molar-refractivity contribution in [1.82, 2.24) is 0 Å². The first-order valence-electron chi connectivity index (χ1n) is 3.63. The molecule has 0 aromatic carbocycles. The number of rotatable bonds is 4. The van der Waals surface area contributed by atoms with Crippen molar-refractivity contribution in [1.29, 1.82) is 0 Å². The minimum Gasteiger partial charge on any atom is -0.394 e. The van der Waals surface area contributed by atoms with Crippen molar-refractivity contribution in [2.45, 2.75) is 20.3 Å². The quantitative estimate of drug-likeness (QED) is 0.620. The summed E-state index contributed by atoms with van der Waals surface area (Å²) < 4.78 is 4.44. The standard InChI is InChI=1S/C5H8O2.C3H8O2/c1-4(6)3-5(2)7;1-5-3-2-4/h3H2,1-2H3;4H,2-3H2,1H3. The fourth-order valence-corrected chi connectivity index (χ4v) is 0.442. The van der Waals surface area contributed by atoms with E-state index in [0.29, 0.717) is 6.61 Å². The molecule has 4 heteroatoms. The smallest absolute Gasteiger partial charge is 0.137 e. The molecule has 0 unspecified atom stereocenters. The van der Waals surface area contributed by atoms with Crippen LogP contribution in [-0.2, 0) is 14.3 Å². The molecule has 12 heavy (non-hydrogen) atoms. The minimum absolute atomic E-state index is 0.0625. The van der Waals surface area contributed by atoms with Crippen molar-refractivity contribution < 1.29 is 19.4 Å². The molecule has 0 spiro atoms. The van der Waals surface area contributed by atoms with Gasteiger partial charge < -0.3 is 9.84 Å². The Bertz CT molecular complexity index is 117. The molecule has 0 aromatic heterocycles. The van der Waals surface area contributed by atoms with E-state index in [2.05, 4.69) is 4.74 Å². The Kier molecular flexibility index (Phi) is 11.8. The van der Waals surface area contributed by atoms with Gasteiger partial charge in [0.15, 0.2) is 0 Å². The maximum Gasteiger partial charge on any atom is 0.137 e. The molecular formula is C8H16O4. The fraction of sp³-hybridized carbons (Fsp3) is 0.750. The van der Waals surface area contributed by atoms with Gasteiger partial charge in [-0.25, -0.2) is 0 Å². The van der Waals surface area contributed by atoms with E-state index in [1.54, 1.807) is 7.11 Å². The highest BCUT2D eigenvalue weighted by molar-refractivity contribution is 5.96. The first-order chi connectivity index (χ1) is 5.54. The summed E-state index contributed by atoms with van der Waals surface area (Å²) in [6, 6.07) is 0. The van der Waals surface area contributed by atoms with Crippen LogP contribution >= 0.6 is 0 Å². The Morgan fingerprint density at radius 3 is 1.67 bits per heavy atom. The van der Waals surface area contributed by atoms with E-state index in [4.69, 9.17) is 5.11 Å². The average molecular weight is 176 g/mol. The van der Waals surface area contributed by atoms with Crippen LogP contribution in [0.25, 0.3) is 0 Å². The molecule has 4 nitrogen and oxygen atoms in total. The molecule has 72 valence electrons. The molecule has 0 aromatic rings. The number of aliphatic hydroxyl groups is 1. The lowest BCUT2D eigenvalue weighted by Crippen LogP contribution is -1.97. The Labute approximate surface area is 72.5 Å². The van der Waals surface area contributed by atoms with Gasteiger partial charge in [0.05, 0.1) is 19.6 Å². The van der Waals surface area contributed by atoms with Gasteiger partial charge in [0, 0.05) is 7.11 Å². The van der Waals surface area contributed by atoms with E-state index < -0.39 is 0 Å². The van der Waals surface area contributed by atoms with E-state index in [-0.39, 0.29) is 24.6 Å². The van der Waals surface area contributed by atoms with Crippen molar-refractivity contribution in [3.63, 3.8) is 0 Å². The number of carbonyl (C=O) groups is 2. The van der Waals surface area contributed by atoms with Crippen LogP contribution in [0.1, 0.15) is 20.3 Å². The van der Waals surface area contributed by atoms with Crippen LogP contribution in [0, 0.1) is 0 Å². The summed E-state index contributed by atoms with van der Waals surface area (Å²) in [4.78, 5) is 20.1. The zero-order chi connectivity index (χ0) is 9.98. The molecule has 0 atom stereocenters. The molecule has 0 aliphatic carbocycles. The highest BCUT2D eigenvalue weighted by Gasteiger charge is 1.94. The Balaban J connectivity index is 0. The second kappa shape index (κ2) is 10.3. The molecule has 0 amide bonds. The van der Waals surface area contributed by atoms with Crippen LogP contribution in [0.3, 0.4) is 0 Å². The zero-order valence-electron chi connectivity index (χ0n) is 7.79. The first kappa shape index (κ1) is 13.8. The maximum absolute atomic E-state index is 10.0. The van der Waals surface area contributed by atoms with Gasteiger partial charge in [-0.2, -0.15) is 0 Å². The van der Waals surface area contributed by atoms with Crippen LogP contribution in [0.2, 0.25) is 0 Å². The van der Waals surface area contributed by atoms with Crippen molar-refractivity contribution in [2.75, 3.05) is 20.3 Å². The summed E-state index contributed by atoms with van der Waals surface area (Å²) in [5, 5.41) is 7.94. The molecular weight excluding hydrogens is 160 g/mol. The van der Waals surface area contributed by atoms with Gasteiger partial charge in [-0.1, -0.05) is 0 Å². The van der Waals surface area contributed by atoms with E-state index in [0.717, 1.165) is 0 Å². The SMILES string of the molecule is CC(=O)CC(C)=O.COCCO. The van der Waals surface area contributed by atoms with Crippen molar-refractivity contribution in [2.24, 2.45) is 0 Å². The van der Waals surface area contributed by atoms with E-state index in [1.807, 2.05) is 0 Å². The number of Topliss-reactive ketones (excluding diaryl/α,β-unsaturated/α-hetero) is 2. The topological polar surface area (TPSA) is 63.6 Å². The summed E-state index contributed by atoms with van der Waals surface area (Å²) in [5.41, 5.74) is 0. The van der Waals surface area contributed by atoms with Crippen molar-refractivity contribution in [3.05, 3.63) is 0 Å². The van der Waals surface area contributed by atoms with Gasteiger partial charge in [-0.05, 0) is 13.8 Å². The summed E-state index contributed by atoms with van der Waals surface area (Å²) in [6.07, 6.45) is 0.0833. The van der Waals surface area contributed by atoms with E-state index >= 15 is 0 Å². The van der Waals surface area contributed by atoms with Gasteiger partial charge in [0.25, 0.3) is 0 Å². The van der Waals surface area contributed by atoms with Gasteiger partial charge in [0.1, 0.15) is 11.6 Å². The van der Waals surface area contributed by atoms with E-state index in [9.17, 15) is 9.59 Å². The largest absolute Gasteiger partial charge is 0.394 e. The molecule has 0 rings (SSSR count). The predicted molar refractivity (Wildman–Crippen MR) is 44.9 cm³/mol. The highest BCUT2D eigenvalue weighted by Crippen LogP contribution is 1.80. The number of hydrogen-bond acceptors (Lipinski definition) is 4. The Morgan fingerprint density at radius 2 is 1.67 bits per heavy atom. The fourth-order valence-electron chi connectivity index (χ4n) is 0.442. The number of hydrogen-bond donors (Lipinski definition) is 1. The van der Waals surface area contributed by atoms with Gasteiger partial charge in [-0.15, -0.1) is 0 Å². The lowest BCUT2D eigenvalue weighted by Gasteiger charge is -1.84. The number of ketones is 2. The van der Waals surface area contributed by atoms with Crippen LogP contribution in [-0.4, -0.2) is 37.0 Å². The van der Waals surface area contributed by atoms with Gasteiger partial charge >= 0.3 is 0 Å². The van der Waals surface area contributed by atoms with Gasteiger partial charge in [0.2, 0.25) is 0 Å².